The smallest absolute Gasteiger partial charge is 0.232 e. The molecule has 1 amide bonds. The highest BCUT2D eigenvalue weighted by atomic mass is 32.2. The van der Waals surface area contributed by atoms with Crippen LogP contribution in [0.15, 0.2) is 53.7 Å². The molecule has 1 aliphatic rings. The molecule has 168 valence electrons. The molecule has 2 aromatic carbocycles. The second kappa shape index (κ2) is 10.6. The summed E-state index contributed by atoms with van der Waals surface area (Å²) >= 11 is 1.29. The third kappa shape index (κ3) is 5.46. The average Bonchev–Trinajstić information content (AvgIpc) is 3.24. The fourth-order valence-electron chi connectivity index (χ4n) is 3.57. The standard InChI is InChI=1S/C23H26FN5O2S/c1-17-5-2-3-6-18(17)9-10-25-21(30)16-32-23-27-26-22(28-11-13-31-14-12-28)29(23)20-8-4-7-19(24)15-20/h2-8,15H,9-14,16H2,1H3,(H,25,30). The van der Waals surface area contributed by atoms with Gasteiger partial charge in [0, 0.05) is 19.6 Å². The largest absolute Gasteiger partial charge is 0.378 e. The number of benzene rings is 2. The molecule has 2 heterocycles. The second-order valence-corrected chi connectivity index (χ2v) is 8.45. The van der Waals surface area contributed by atoms with Crippen molar-refractivity contribution in [3.05, 3.63) is 65.5 Å². The molecule has 9 heteroatoms. The van der Waals surface area contributed by atoms with E-state index >= 15 is 0 Å². The lowest BCUT2D eigenvalue weighted by molar-refractivity contribution is -0.118. The fourth-order valence-corrected chi connectivity index (χ4v) is 4.35. The molecule has 0 saturated carbocycles. The van der Waals surface area contributed by atoms with E-state index in [1.807, 2.05) is 18.2 Å². The first-order valence-electron chi connectivity index (χ1n) is 10.6. The minimum Gasteiger partial charge on any atom is -0.378 e. The third-order valence-electron chi connectivity index (χ3n) is 5.29. The van der Waals surface area contributed by atoms with Gasteiger partial charge in [0.1, 0.15) is 5.82 Å². The first-order valence-corrected chi connectivity index (χ1v) is 11.6. The number of halogens is 1. The van der Waals surface area contributed by atoms with Gasteiger partial charge in [-0.25, -0.2) is 4.39 Å². The van der Waals surface area contributed by atoms with Crippen LogP contribution in [0, 0.1) is 12.7 Å². The number of rotatable bonds is 8. The molecule has 1 aromatic heterocycles. The van der Waals surface area contributed by atoms with Gasteiger partial charge in [0.2, 0.25) is 11.9 Å². The summed E-state index contributed by atoms with van der Waals surface area (Å²) in [6, 6.07) is 14.5. The van der Waals surface area contributed by atoms with Crippen molar-refractivity contribution < 1.29 is 13.9 Å². The van der Waals surface area contributed by atoms with Gasteiger partial charge >= 0.3 is 0 Å². The van der Waals surface area contributed by atoms with E-state index in [4.69, 9.17) is 4.74 Å². The van der Waals surface area contributed by atoms with Gasteiger partial charge < -0.3 is 15.0 Å². The lowest BCUT2D eigenvalue weighted by atomic mass is 10.1. The van der Waals surface area contributed by atoms with E-state index in [9.17, 15) is 9.18 Å². The van der Waals surface area contributed by atoms with Crippen molar-refractivity contribution in [2.24, 2.45) is 0 Å². The van der Waals surface area contributed by atoms with E-state index in [0.717, 1.165) is 6.42 Å². The predicted molar refractivity (Wildman–Crippen MR) is 123 cm³/mol. The molecule has 0 bridgehead atoms. The highest BCUT2D eigenvalue weighted by molar-refractivity contribution is 7.99. The second-order valence-electron chi connectivity index (χ2n) is 7.51. The molecule has 32 heavy (non-hydrogen) atoms. The summed E-state index contributed by atoms with van der Waals surface area (Å²) in [5.74, 6) is 0.408. The summed E-state index contributed by atoms with van der Waals surface area (Å²) < 4.78 is 21.2. The molecule has 0 aliphatic carbocycles. The molecule has 3 aromatic rings. The number of thioether (sulfide) groups is 1. The Morgan fingerprint density at radius 1 is 1.16 bits per heavy atom. The molecule has 0 unspecified atom stereocenters. The highest BCUT2D eigenvalue weighted by Crippen LogP contribution is 2.27. The maximum atomic E-state index is 13.9. The molecule has 1 aliphatic heterocycles. The first kappa shape index (κ1) is 22.3. The number of morpholine rings is 1. The predicted octanol–water partition coefficient (Wildman–Crippen LogP) is 3.00. The summed E-state index contributed by atoms with van der Waals surface area (Å²) in [4.78, 5) is 14.5. The van der Waals surface area contributed by atoms with Gasteiger partial charge in [-0.1, -0.05) is 42.1 Å². The number of anilines is 1. The number of aryl methyl sites for hydroxylation is 1. The van der Waals surface area contributed by atoms with Crippen molar-refractivity contribution in [3.8, 4) is 5.69 Å². The van der Waals surface area contributed by atoms with E-state index in [0.29, 0.717) is 49.6 Å². The van der Waals surface area contributed by atoms with E-state index in [-0.39, 0.29) is 17.5 Å². The lowest BCUT2D eigenvalue weighted by Crippen LogP contribution is -2.37. The topological polar surface area (TPSA) is 72.3 Å². The molecule has 4 rings (SSSR count). The van der Waals surface area contributed by atoms with Crippen LogP contribution in [0.25, 0.3) is 5.69 Å². The fraction of sp³-hybridized carbons (Fsp3) is 0.348. The molecular weight excluding hydrogens is 429 g/mol. The van der Waals surface area contributed by atoms with Crippen molar-refractivity contribution in [2.75, 3.05) is 43.5 Å². The summed E-state index contributed by atoms with van der Waals surface area (Å²) in [6.45, 7) is 5.19. The Kier molecular flexibility index (Phi) is 7.39. The molecule has 0 radical (unpaired) electrons. The van der Waals surface area contributed by atoms with Crippen LogP contribution in [0.4, 0.5) is 10.3 Å². The highest BCUT2D eigenvalue weighted by Gasteiger charge is 2.22. The number of nitrogens with zero attached hydrogens (tertiary/aromatic N) is 4. The van der Waals surface area contributed by atoms with Crippen LogP contribution in [0.2, 0.25) is 0 Å². The number of hydrogen-bond acceptors (Lipinski definition) is 6. The van der Waals surface area contributed by atoms with Crippen molar-refractivity contribution >= 4 is 23.6 Å². The number of hydrogen-bond donors (Lipinski definition) is 1. The van der Waals surface area contributed by atoms with Crippen LogP contribution < -0.4 is 10.2 Å². The zero-order valence-corrected chi connectivity index (χ0v) is 18.8. The minimum atomic E-state index is -0.339. The number of nitrogens with one attached hydrogen (secondary N) is 1. The normalized spacial score (nSPS) is 13.9. The first-order chi connectivity index (χ1) is 15.6. The van der Waals surface area contributed by atoms with E-state index in [2.05, 4.69) is 39.5 Å². The molecule has 1 N–H and O–H groups in total. The quantitative estimate of drug-likeness (QED) is 0.527. The summed E-state index contributed by atoms with van der Waals surface area (Å²) in [5.41, 5.74) is 3.07. The summed E-state index contributed by atoms with van der Waals surface area (Å²) in [5, 5.41) is 12.2. The molecule has 0 atom stereocenters. The van der Waals surface area contributed by atoms with Crippen molar-refractivity contribution in [3.63, 3.8) is 0 Å². The van der Waals surface area contributed by atoms with E-state index in [1.54, 1.807) is 10.6 Å². The van der Waals surface area contributed by atoms with E-state index in [1.165, 1.54) is 35.0 Å². The van der Waals surface area contributed by atoms with Gasteiger partial charge in [-0.2, -0.15) is 0 Å². The monoisotopic (exact) mass is 455 g/mol. The summed E-state index contributed by atoms with van der Waals surface area (Å²) in [7, 11) is 0. The van der Waals surface area contributed by atoms with Crippen molar-refractivity contribution in [1.29, 1.82) is 0 Å². The Labute approximate surface area is 191 Å². The van der Waals surface area contributed by atoms with Gasteiger partial charge in [-0.05, 0) is 42.7 Å². The van der Waals surface area contributed by atoms with Crippen LogP contribution in [-0.2, 0) is 16.0 Å². The average molecular weight is 456 g/mol. The van der Waals surface area contributed by atoms with Crippen LogP contribution in [0.1, 0.15) is 11.1 Å². The molecule has 0 spiro atoms. The van der Waals surface area contributed by atoms with Crippen molar-refractivity contribution in [2.45, 2.75) is 18.5 Å². The number of carbonyl (C=O) groups excluding carboxylic acids is 1. The third-order valence-corrected chi connectivity index (χ3v) is 6.22. The van der Waals surface area contributed by atoms with Gasteiger partial charge in [0.15, 0.2) is 5.16 Å². The number of carbonyl (C=O) groups is 1. The van der Waals surface area contributed by atoms with Crippen LogP contribution in [0.3, 0.4) is 0 Å². The number of ether oxygens (including phenoxy) is 1. The Morgan fingerprint density at radius 2 is 1.97 bits per heavy atom. The van der Waals surface area contributed by atoms with Gasteiger partial charge in [-0.15, -0.1) is 10.2 Å². The molecule has 1 saturated heterocycles. The maximum Gasteiger partial charge on any atom is 0.232 e. The Hall–Kier alpha value is -2.91. The van der Waals surface area contributed by atoms with Gasteiger partial charge in [0.25, 0.3) is 0 Å². The zero-order valence-electron chi connectivity index (χ0n) is 18.0. The number of aromatic nitrogens is 3. The van der Waals surface area contributed by atoms with Gasteiger partial charge in [-0.3, -0.25) is 9.36 Å². The summed E-state index contributed by atoms with van der Waals surface area (Å²) in [6.07, 6.45) is 0.781. The van der Waals surface area contributed by atoms with Crippen LogP contribution in [-0.4, -0.2) is 59.3 Å². The van der Waals surface area contributed by atoms with Crippen LogP contribution >= 0.6 is 11.8 Å². The van der Waals surface area contributed by atoms with Gasteiger partial charge in [0.05, 0.1) is 24.7 Å². The maximum absolute atomic E-state index is 13.9. The van der Waals surface area contributed by atoms with E-state index < -0.39 is 0 Å². The minimum absolute atomic E-state index is 0.0784. The van der Waals surface area contributed by atoms with Crippen LogP contribution in [0.5, 0.6) is 0 Å². The van der Waals surface area contributed by atoms with Crippen molar-refractivity contribution in [1.82, 2.24) is 20.1 Å². The number of amides is 1. The Bertz CT molecular complexity index is 1070. The SMILES string of the molecule is Cc1ccccc1CCNC(=O)CSc1nnc(N2CCOCC2)n1-c1cccc(F)c1. The Morgan fingerprint density at radius 3 is 2.75 bits per heavy atom. The zero-order chi connectivity index (χ0) is 22.3. The Balaban J connectivity index is 1.43. The molecule has 1 fully saturated rings. The molecular formula is C23H26FN5O2S. The lowest BCUT2D eigenvalue weighted by Gasteiger charge is -2.27. The molecule has 7 nitrogen and oxygen atoms in total.